The molecule has 0 spiro atoms. The lowest BCUT2D eigenvalue weighted by atomic mass is 10.2. The molecule has 0 saturated heterocycles. The first-order valence-corrected chi connectivity index (χ1v) is 6.77. The molecule has 1 unspecified atom stereocenters. The van der Waals surface area contributed by atoms with Crippen LogP contribution in [0.3, 0.4) is 0 Å². The predicted molar refractivity (Wildman–Crippen MR) is 62.5 cm³/mol. The molecule has 0 bridgehead atoms. The first-order chi connectivity index (χ1) is 7.56. The minimum atomic E-state index is -3.48. The van der Waals surface area contributed by atoms with E-state index in [2.05, 4.69) is 4.72 Å². The molecule has 2 N–H and O–H groups in total. The highest BCUT2D eigenvalue weighted by Crippen LogP contribution is 2.07. The van der Waals surface area contributed by atoms with E-state index in [0.29, 0.717) is 6.42 Å². The first-order valence-electron chi connectivity index (χ1n) is 5.29. The normalized spacial score (nSPS) is 13.6. The SMILES string of the molecule is CCCC(O)CNS(=O)(=O)c1ccccc1. The Labute approximate surface area is 96.4 Å². The monoisotopic (exact) mass is 243 g/mol. The predicted octanol–water partition coefficient (Wildman–Crippen LogP) is 1.13. The maximum atomic E-state index is 11.7. The van der Waals surface area contributed by atoms with Gasteiger partial charge < -0.3 is 5.11 Å². The number of sulfonamides is 1. The Morgan fingerprint density at radius 2 is 1.94 bits per heavy atom. The summed E-state index contributed by atoms with van der Waals surface area (Å²) < 4.78 is 25.8. The number of aliphatic hydroxyl groups excluding tert-OH is 1. The van der Waals surface area contributed by atoms with Crippen molar-refractivity contribution in [2.24, 2.45) is 0 Å². The van der Waals surface area contributed by atoms with Crippen molar-refractivity contribution in [3.05, 3.63) is 30.3 Å². The Hall–Kier alpha value is -0.910. The van der Waals surface area contributed by atoms with Gasteiger partial charge in [0.15, 0.2) is 0 Å². The largest absolute Gasteiger partial charge is 0.392 e. The molecule has 0 aromatic heterocycles. The highest BCUT2D eigenvalue weighted by atomic mass is 32.2. The van der Waals surface area contributed by atoms with E-state index in [1.165, 1.54) is 12.1 Å². The molecule has 0 aliphatic heterocycles. The van der Waals surface area contributed by atoms with Gasteiger partial charge in [0, 0.05) is 6.54 Å². The number of rotatable bonds is 6. The number of hydrogen-bond donors (Lipinski definition) is 2. The maximum Gasteiger partial charge on any atom is 0.240 e. The molecular formula is C11H17NO3S. The third kappa shape index (κ3) is 3.92. The lowest BCUT2D eigenvalue weighted by Gasteiger charge is -2.11. The van der Waals surface area contributed by atoms with Gasteiger partial charge in [-0.15, -0.1) is 0 Å². The molecule has 1 aromatic rings. The summed E-state index contributed by atoms with van der Waals surface area (Å²) in [5.74, 6) is 0. The van der Waals surface area contributed by atoms with Crippen LogP contribution >= 0.6 is 0 Å². The van der Waals surface area contributed by atoms with E-state index in [-0.39, 0.29) is 11.4 Å². The van der Waals surface area contributed by atoms with Crippen molar-refractivity contribution >= 4 is 10.0 Å². The fraction of sp³-hybridized carbons (Fsp3) is 0.455. The molecule has 5 heteroatoms. The molecule has 1 aromatic carbocycles. The van der Waals surface area contributed by atoms with Crippen molar-refractivity contribution in [2.75, 3.05) is 6.54 Å². The summed E-state index contributed by atoms with van der Waals surface area (Å²) >= 11 is 0. The van der Waals surface area contributed by atoms with Gasteiger partial charge in [-0.3, -0.25) is 0 Å². The summed E-state index contributed by atoms with van der Waals surface area (Å²) in [6.45, 7) is 2.00. The van der Waals surface area contributed by atoms with Crippen LogP contribution in [0.2, 0.25) is 0 Å². The van der Waals surface area contributed by atoms with Gasteiger partial charge in [-0.1, -0.05) is 31.5 Å². The highest BCUT2D eigenvalue weighted by Gasteiger charge is 2.14. The van der Waals surface area contributed by atoms with Crippen LogP contribution in [0.25, 0.3) is 0 Å². The van der Waals surface area contributed by atoms with Gasteiger partial charge >= 0.3 is 0 Å². The maximum absolute atomic E-state index is 11.7. The Morgan fingerprint density at radius 1 is 1.31 bits per heavy atom. The van der Waals surface area contributed by atoms with Crippen LogP contribution in [0.4, 0.5) is 0 Å². The van der Waals surface area contributed by atoms with E-state index in [0.717, 1.165) is 6.42 Å². The fourth-order valence-corrected chi connectivity index (χ4v) is 2.42. The van der Waals surface area contributed by atoms with Crippen LogP contribution < -0.4 is 4.72 Å². The second-order valence-electron chi connectivity index (χ2n) is 3.61. The van der Waals surface area contributed by atoms with E-state index >= 15 is 0 Å². The van der Waals surface area contributed by atoms with Crippen molar-refractivity contribution < 1.29 is 13.5 Å². The van der Waals surface area contributed by atoms with Crippen LogP contribution in [0, 0.1) is 0 Å². The van der Waals surface area contributed by atoms with Crippen LogP contribution in [0.15, 0.2) is 35.2 Å². The van der Waals surface area contributed by atoms with E-state index in [9.17, 15) is 13.5 Å². The van der Waals surface area contributed by atoms with Crippen LogP contribution in [0.5, 0.6) is 0 Å². The molecule has 4 nitrogen and oxygen atoms in total. The Kier molecular flexibility index (Phi) is 4.92. The third-order valence-corrected chi connectivity index (χ3v) is 3.62. The Bertz CT molecular complexity index is 402. The molecule has 1 rings (SSSR count). The van der Waals surface area contributed by atoms with Gasteiger partial charge in [0.1, 0.15) is 0 Å². The molecule has 0 aliphatic carbocycles. The minimum Gasteiger partial charge on any atom is -0.392 e. The quantitative estimate of drug-likeness (QED) is 0.787. The number of nitrogens with one attached hydrogen (secondary N) is 1. The number of hydrogen-bond acceptors (Lipinski definition) is 3. The van der Waals surface area contributed by atoms with Crippen molar-refractivity contribution in [2.45, 2.75) is 30.8 Å². The summed E-state index contributed by atoms with van der Waals surface area (Å²) in [5.41, 5.74) is 0. The average molecular weight is 243 g/mol. The molecule has 0 heterocycles. The van der Waals surface area contributed by atoms with Gasteiger partial charge in [0.2, 0.25) is 10.0 Å². The van der Waals surface area contributed by atoms with Gasteiger partial charge in [-0.05, 0) is 18.6 Å². The summed E-state index contributed by atoms with van der Waals surface area (Å²) in [4.78, 5) is 0.221. The van der Waals surface area contributed by atoms with Crippen molar-refractivity contribution in [1.29, 1.82) is 0 Å². The topological polar surface area (TPSA) is 66.4 Å². The molecule has 0 fully saturated rings. The lowest BCUT2D eigenvalue weighted by molar-refractivity contribution is 0.167. The fourth-order valence-electron chi connectivity index (χ4n) is 1.32. The molecule has 90 valence electrons. The molecule has 0 saturated carbocycles. The average Bonchev–Trinajstić information content (AvgIpc) is 2.28. The van der Waals surface area contributed by atoms with Crippen LogP contribution in [-0.2, 0) is 10.0 Å². The van der Waals surface area contributed by atoms with E-state index in [1.54, 1.807) is 18.2 Å². The van der Waals surface area contributed by atoms with Gasteiger partial charge in [-0.25, -0.2) is 13.1 Å². The summed E-state index contributed by atoms with van der Waals surface area (Å²) in [7, 11) is -3.48. The highest BCUT2D eigenvalue weighted by molar-refractivity contribution is 7.89. The van der Waals surface area contributed by atoms with Crippen molar-refractivity contribution in [1.82, 2.24) is 4.72 Å². The zero-order chi connectivity index (χ0) is 12.0. The van der Waals surface area contributed by atoms with Crippen LogP contribution in [0.1, 0.15) is 19.8 Å². The number of benzene rings is 1. The van der Waals surface area contributed by atoms with E-state index in [1.807, 2.05) is 6.92 Å². The Balaban J connectivity index is 2.60. The van der Waals surface area contributed by atoms with Crippen LogP contribution in [-0.4, -0.2) is 26.2 Å². The second kappa shape index (κ2) is 5.98. The van der Waals surface area contributed by atoms with Gasteiger partial charge in [0.05, 0.1) is 11.0 Å². The van der Waals surface area contributed by atoms with Crippen molar-refractivity contribution in [3.8, 4) is 0 Å². The molecule has 0 aliphatic rings. The lowest BCUT2D eigenvalue weighted by Crippen LogP contribution is -2.32. The summed E-state index contributed by atoms with van der Waals surface area (Å²) in [6.07, 6.45) is 0.800. The smallest absolute Gasteiger partial charge is 0.240 e. The van der Waals surface area contributed by atoms with Crippen molar-refractivity contribution in [3.63, 3.8) is 0 Å². The molecule has 0 radical (unpaired) electrons. The zero-order valence-electron chi connectivity index (χ0n) is 9.26. The van der Waals surface area contributed by atoms with Gasteiger partial charge in [0.25, 0.3) is 0 Å². The molecule has 16 heavy (non-hydrogen) atoms. The Morgan fingerprint density at radius 3 is 2.50 bits per heavy atom. The summed E-state index contributed by atoms with van der Waals surface area (Å²) in [5, 5.41) is 9.43. The molecule has 0 amide bonds. The molecule has 1 atom stereocenters. The first kappa shape index (κ1) is 13.2. The second-order valence-corrected chi connectivity index (χ2v) is 5.37. The summed E-state index contributed by atoms with van der Waals surface area (Å²) in [6, 6.07) is 8.13. The molecular weight excluding hydrogens is 226 g/mol. The van der Waals surface area contributed by atoms with Gasteiger partial charge in [-0.2, -0.15) is 0 Å². The number of aliphatic hydroxyl groups is 1. The minimum absolute atomic E-state index is 0.0606. The zero-order valence-corrected chi connectivity index (χ0v) is 10.1. The van der Waals surface area contributed by atoms with E-state index < -0.39 is 16.1 Å². The van der Waals surface area contributed by atoms with E-state index in [4.69, 9.17) is 0 Å². The third-order valence-electron chi connectivity index (χ3n) is 2.18. The standard InChI is InChI=1S/C11H17NO3S/c1-2-6-10(13)9-12-16(14,15)11-7-4-3-5-8-11/h3-5,7-8,10,12-13H,2,6,9H2,1H3.